The van der Waals surface area contributed by atoms with Gasteiger partial charge in [0, 0.05) is 6.42 Å². The van der Waals surface area contributed by atoms with Crippen LogP contribution in [0.2, 0.25) is 10.0 Å². The highest BCUT2D eigenvalue weighted by atomic mass is 35.5. The molecule has 0 aliphatic carbocycles. The second-order valence-corrected chi connectivity index (χ2v) is 4.85. The molecule has 0 unspecified atom stereocenters. The molecule has 0 spiro atoms. The molecule has 0 fully saturated rings. The molecule has 4 nitrogen and oxygen atoms in total. The predicted octanol–water partition coefficient (Wildman–Crippen LogP) is 3.79. The standard InChI is InChI=1S/C10H10Cl2N4S/c1-2-3-7(13)14-8-5(11)4-6(12)9-10(8)16-17-15-9/h4H,2-3H2,1H3,(H2,13,14). The fraction of sp³-hybridized carbons (Fsp3) is 0.300. The van der Waals surface area contributed by atoms with Gasteiger partial charge in [-0.05, 0) is 12.5 Å². The van der Waals surface area contributed by atoms with Crippen LogP contribution < -0.4 is 5.73 Å². The van der Waals surface area contributed by atoms with Crippen LogP contribution in [0.3, 0.4) is 0 Å². The van der Waals surface area contributed by atoms with E-state index < -0.39 is 0 Å². The summed E-state index contributed by atoms with van der Waals surface area (Å²) in [6.45, 7) is 2.03. The number of aromatic nitrogens is 2. The second-order valence-electron chi connectivity index (χ2n) is 3.50. The SMILES string of the molecule is CCCC(N)=Nc1c(Cl)cc(Cl)c2nsnc12. The molecule has 7 heteroatoms. The molecule has 90 valence electrons. The van der Waals surface area contributed by atoms with Crippen molar-refractivity contribution in [1.82, 2.24) is 8.75 Å². The molecule has 0 radical (unpaired) electrons. The first-order valence-corrected chi connectivity index (χ1v) is 6.55. The highest BCUT2D eigenvalue weighted by molar-refractivity contribution is 7.00. The number of nitrogens with two attached hydrogens (primary N) is 1. The van der Waals surface area contributed by atoms with E-state index in [2.05, 4.69) is 13.7 Å². The second kappa shape index (κ2) is 5.16. The van der Waals surface area contributed by atoms with Crippen molar-refractivity contribution >= 4 is 57.5 Å². The molecule has 0 saturated heterocycles. The number of aliphatic imine (C=N–C) groups is 1. The maximum absolute atomic E-state index is 6.10. The summed E-state index contributed by atoms with van der Waals surface area (Å²) in [6.07, 6.45) is 1.65. The number of fused-ring (bicyclic) bond motifs is 1. The molecule has 0 saturated carbocycles. The van der Waals surface area contributed by atoms with Gasteiger partial charge in [-0.1, -0.05) is 30.1 Å². The first kappa shape index (κ1) is 12.5. The molecule has 1 aromatic carbocycles. The molecule has 1 heterocycles. The van der Waals surface area contributed by atoms with Gasteiger partial charge >= 0.3 is 0 Å². The lowest BCUT2D eigenvalue weighted by atomic mass is 10.2. The van der Waals surface area contributed by atoms with E-state index in [0.717, 1.165) is 24.6 Å². The molecule has 2 aromatic rings. The number of nitrogens with zero attached hydrogens (tertiary/aromatic N) is 3. The summed E-state index contributed by atoms with van der Waals surface area (Å²) in [5, 5.41) is 0.918. The van der Waals surface area contributed by atoms with Gasteiger partial charge < -0.3 is 5.73 Å². The van der Waals surface area contributed by atoms with E-state index in [1.165, 1.54) is 0 Å². The molecule has 0 aliphatic rings. The van der Waals surface area contributed by atoms with Crippen LogP contribution in [0.5, 0.6) is 0 Å². The van der Waals surface area contributed by atoms with Crippen LogP contribution in [0.4, 0.5) is 5.69 Å². The van der Waals surface area contributed by atoms with Gasteiger partial charge in [0.15, 0.2) is 0 Å². The molecular weight excluding hydrogens is 279 g/mol. The Hall–Kier alpha value is -0.910. The predicted molar refractivity (Wildman–Crippen MR) is 73.6 cm³/mol. The lowest BCUT2D eigenvalue weighted by molar-refractivity contribution is 0.983. The molecule has 0 amide bonds. The minimum atomic E-state index is 0.439. The van der Waals surface area contributed by atoms with Crippen molar-refractivity contribution in [2.45, 2.75) is 19.8 Å². The van der Waals surface area contributed by atoms with Crippen molar-refractivity contribution < 1.29 is 0 Å². The Kier molecular flexibility index (Phi) is 3.81. The number of hydrogen-bond donors (Lipinski definition) is 1. The fourth-order valence-corrected chi connectivity index (χ4v) is 2.57. The molecule has 2 N–H and O–H groups in total. The first-order valence-electron chi connectivity index (χ1n) is 5.06. The van der Waals surface area contributed by atoms with Crippen molar-refractivity contribution in [1.29, 1.82) is 0 Å². The zero-order valence-corrected chi connectivity index (χ0v) is 11.4. The molecule has 17 heavy (non-hydrogen) atoms. The van der Waals surface area contributed by atoms with Crippen LogP contribution in [-0.4, -0.2) is 14.6 Å². The minimum absolute atomic E-state index is 0.439. The third kappa shape index (κ3) is 2.51. The van der Waals surface area contributed by atoms with Crippen molar-refractivity contribution in [3.63, 3.8) is 0 Å². The zero-order chi connectivity index (χ0) is 12.4. The van der Waals surface area contributed by atoms with Crippen molar-refractivity contribution in [2.75, 3.05) is 0 Å². The van der Waals surface area contributed by atoms with Gasteiger partial charge in [0.2, 0.25) is 0 Å². The highest BCUT2D eigenvalue weighted by Gasteiger charge is 2.13. The van der Waals surface area contributed by atoms with Crippen LogP contribution in [0.1, 0.15) is 19.8 Å². The van der Waals surface area contributed by atoms with Crippen LogP contribution in [0.25, 0.3) is 11.0 Å². The number of amidine groups is 1. The smallest absolute Gasteiger partial charge is 0.133 e. The summed E-state index contributed by atoms with van der Waals surface area (Å²) in [4.78, 5) is 4.30. The maximum Gasteiger partial charge on any atom is 0.133 e. The Morgan fingerprint density at radius 3 is 2.76 bits per heavy atom. The summed E-state index contributed by atoms with van der Waals surface area (Å²) < 4.78 is 8.26. The van der Waals surface area contributed by atoms with Gasteiger partial charge in [0.25, 0.3) is 0 Å². The average Bonchev–Trinajstić information content (AvgIpc) is 2.73. The topological polar surface area (TPSA) is 64.2 Å². The van der Waals surface area contributed by atoms with Gasteiger partial charge in [-0.3, -0.25) is 0 Å². The van der Waals surface area contributed by atoms with E-state index in [0.29, 0.717) is 32.6 Å². The van der Waals surface area contributed by atoms with E-state index in [9.17, 15) is 0 Å². The molecule has 1 aromatic heterocycles. The average molecular weight is 289 g/mol. The van der Waals surface area contributed by atoms with Gasteiger partial charge in [0.1, 0.15) is 16.7 Å². The fourth-order valence-electron chi connectivity index (χ4n) is 1.42. The summed E-state index contributed by atoms with van der Waals surface area (Å²) in [5.74, 6) is 0.533. The molecule has 0 bridgehead atoms. The van der Waals surface area contributed by atoms with E-state index in [4.69, 9.17) is 28.9 Å². The Labute approximate surface area is 113 Å². The van der Waals surface area contributed by atoms with Crippen LogP contribution in [-0.2, 0) is 0 Å². The molecule has 0 atom stereocenters. The Morgan fingerprint density at radius 1 is 1.35 bits per heavy atom. The lowest BCUT2D eigenvalue weighted by Crippen LogP contribution is -2.10. The van der Waals surface area contributed by atoms with E-state index in [1.807, 2.05) is 6.92 Å². The van der Waals surface area contributed by atoms with Gasteiger partial charge in [-0.2, -0.15) is 8.75 Å². The number of benzene rings is 1. The third-order valence-electron chi connectivity index (χ3n) is 2.18. The summed E-state index contributed by atoms with van der Waals surface area (Å²) in [5.41, 5.74) is 7.56. The minimum Gasteiger partial charge on any atom is -0.387 e. The molecule has 2 rings (SSSR count). The van der Waals surface area contributed by atoms with Crippen LogP contribution >= 0.6 is 34.9 Å². The largest absolute Gasteiger partial charge is 0.387 e. The van der Waals surface area contributed by atoms with Crippen molar-refractivity contribution in [2.24, 2.45) is 10.7 Å². The summed E-state index contributed by atoms with van der Waals surface area (Å²) in [7, 11) is 0. The van der Waals surface area contributed by atoms with Gasteiger partial charge in [-0.25, -0.2) is 4.99 Å². The van der Waals surface area contributed by atoms with Crippen molar-refractivity contribution in [3.8, 4) is 0 Å². The van der Waals surface area contributed by atoms with E-state index >= 15 is 0 Å². The normalized spacial score (nSPS) is 12.3. The molecule has 0 aliphatic heterocycles. The lowest BCUT2D eigenvalue weighted by Gasteiger charge is -2.02. The van der Waals surface area contributed by atoms with Gasteiger partial charge in [0.05, 0.1) is 27.6 Å². The number of rotatable bonds is 3. The Bertz CT molecular complexity index is 579. The maximum atomic E-state index is 6.10. The Balaban J connectivity index is 2.60. The van der Waals surface area contributed by atoms with E-state index in [-0.39, 0.29) is 0 Å². The first-order chi connectivity index (χ1) is 8.13. The highest BCUT2D eigenvalue weighted by Crippen LogP contribution is 2.37. The zero-order valence-electron chi connectivity index (χ0n) is 9.07. The van der Waals surface area contributed by atoms with Crippen LogP contribution in [0, 0.1) is 0 Å². The van der Waals surface area contributed by atoms with Gasteiger partial charge in [-0.15, -0.1) is 0 Å². The van der Waals surface area contributed by atoms with Crippen molar-refractivity contribution in [3.05, 3.63) is 16.1 Å². The number of hydrogen-bond acceptors (Lipinski definition) is 4. The third-order valence-corrected chi connectivity index (χ3v) is 3.28. The quantitative estimate of drug-likeness (QED) is 0.690. The van der Waals surface area contributed by atoms with Crippen LogP contribution in [0.15, 0.2) is 11.1 Å². The summed E-state index contributed by atoms with van der Waals surface area (Å²) in [6, 6.07) is 1.62. The van der Waals surface area contributed by atoms with E-state index in [1.54, 1.807) is 6.07 Å². The monoisotopic (exact) mass is 288 g/mol. The summed E-state index contributed by atoms with van der Waals surface area (Å²) >= 11 is 13.2. The number of halogens is 2. The Morgan fingerprint density at radius 2 is 2.06 bits per heavy atom. The molecular formula is C10H10Cl2N4S.